The van der Waals surface area contributed by atoms with Crippen molar-refractivity contribution in [1.29, 1.82) is 0 Å². The fraction of sp³-hybridized carbons (Fsp3) is 0.143. The maximum Gasteiger partial charge on any atom is 0.151 e. The van der Waals surface area contributed by atoms with E-state index in [1.807, 2.05) is 13.8 Å². The van der Waals surface area contributed by atoms with Gasteiger partial charge in [0, 0.05) is 17.2 Å². The van der Waals surface area contributed by atoms with E-state index >= 15 is 0 Å². The van der Waals surface area contributed by atoms with Crippen molar-refractivity contribution >= 4 is 28.9 Å². The molecule has 0 aliphatic rings. The van der Waals surface area contributed by atoms with Crippen LogP contribution in [0, 0.1) is 19.7 Å². The van der Waals surface area contributed by atoms with Gasteiger partial charge < -0.3 is 10.5 Å². The number of nitrogens with two attached hydrogens (primary N) is 1. The van der Waals surface area contributed by atoms with Crippen LogP contribution in [0.5, 0.6) is 11.5 Å². The van der Waals surface area contributed by atoms with Gasteiger partial charge in [0.2, 0.25) is 0 Å². The summed E-state index contributed by atoms with van der Waals surface area (Å²) in [6.45, 7) is 3.76. The molecule has 0 bridgehead atoms. The average molecular weight is 300 g/mol. The molecule has 2 N–H and O–H groups in total. The minimum Gasteiger partial charge on any atom is -0.455 e. The number of rotatable bonds is 2. The Bertz CT molecular complexity index is 621. The Morgan fingerprint density at radius 1 is 1.05 bits per heavy atom. The Hall–Kier alpha value is -1.45. The second kappa shape index (κ2) is 5.27. The topological polar surface area (TPSA) is 35.2 Å². The van der Waals surface area contributed by atoms with E-state index in [1.54, 1.807) is 12.1 Å². The van der Waals surface area contributed by atoms with Gasteiger partial charge in [-0.2, -0.15) is 0 Å². The zero-order valence-corrected chi connectivity index (χ0v) is 11.9. The summed E-state index contributed by atoms with van der Waals surface area (Å²) < 4.78 is 18.8. The van der Waals surface area contributed by atoms with Crippen LogP contribution < -0.4 is 10.5 Å². The Kier molecular flexibility index (Phi) is 3.88. The third-order valence-electron chi connectivity index (χ3n) is 2.69. The van der Waals surface area contributed by atoms with Gasteiger partial charge in [-0.3, -0.25) is 0 Å². The van der Waals surface area contributed by atoms with Gasteiger partial charge in [-0.15, -0.1) is 0 Å². The third-order valence-corrected chi connectivity index (χ3v) is 3.58. The van der Waals surface area contributed by atoms with E-state index in [0.29, 0.717) is 16.5 Å². The zero-order valence-electron chi connectivity index (χ0n) is 10.4. The third kappa shape index (κ3) is 2.94. The Labute approximate surface area is 120 Å². The zero-order chi connectivity index (χ0) is 14.2. The lowest BCUT2D eigenvalue weighted by Gasteiger charge is -2.12. The fourth-order valence-corrected chi connectivity index (χ4v) is 1.99. The molecule has 0 unspecified atom stereocenters. The van der Waals surface area contributed by atoms with Crippen LogP contribution in [-0.2, 0) is 0 Å². The van der Waals surface area contributed by atoms with Crippen molar-refractivity contribution in [3.05, 3.63) is 51.3 Å². The second-order valence-corrected chi connectivity index (χ2v) is 5.06. The monoisotopic (exact) mass is 299 g/mol. The number of nitrogen functional groups attached to an aromatic ring is 1. The number of halogens is 3. The summed E-state index contributed by atoms with van der Waals surface area (Å²) in [6, 6.07) is 6.05. The lowest BCUT2D eigenvalue weighted by molar-refractivity contribution is 0.482. The number of hydrogen-bond donors (Lipinski definition) is 1. The van der Waals surface area contributed by atoms with Gasteiger partial charge in [0.05, 0.1) is 10.7 Å². The highest BCUT2D eigenvalue weighted by molar-refractivity contribution is 6.32. The molecule has 2 aromatic rings. The van der Waals surface area contributed by atoms with Crippen molar-refractivity contribution in [3.63, 3.8) is 0 Å². The summed E-state index contributed by atoms with van der Waals surface area (Å²) in [6.07, 6.45) is 0. The predicted molar refractivity (Wildman–Crippen MR) is 76.8 cm³/mol. The molecule has 2 nitrogen and oxygen atoms in total. The molecule has 0 aliphatic carbocycles. The molecular formula is C14H12Cl2FNO. The second-order valence-electron chi connectivity index (χ2n) is 4.28. The van der Waals surface area contributed by atoms with E-state index in [0.717, 1.165) is 17.2 Å². The van der Waals surface area contributed by atoms with Crippen LogP contribution in [0.1, 0.15) is 11.1 Å². The minimum atomic E-state index is -0.574. The first kappa shape index (κ1) is 14.0. The molecule has 0 radical (unpaired) electrons. The van der Waals surface area contributed by atoms with Crippen molar-refractivity contribution < 1.29 is 9.13 Å². The summed E-state index contributed by atoms with van der Waals surface area (Å²) in [4.78, 5) is 0. The van der Waals surface area contributed by atoms with Crippen molar-refractivity contribution in [3.8, 4) is 11.5 Å². The molecule has 5 heteroatoms. The van der Waals surface area contributed by atoms with Crippen molar-refractivity contribution in [1.82, 2.24) is 0 Å². The van der Waals surface area contributed by atoms with E-state index in [1.165, 1.54) is 6.07 Å². The lowest BCUT2D eigenvalue weighted by Crippen LogP contribution is -1.95. The number of hydrogen-bond acceptors (Lipinski definition) is 2. The molecule has 0 saturated carbocycles. The van der Waals surface area contributed by atoms with Gasteiger partial charge in [-0.25, -0.2) is 4.39 Å². The molecule has 0 atom stereocenters. The molecular weight excluding hydrogens is 288 g/mol. The van der Waals surface area contributed by atoms with Gasteiger partial charge in [0.25, 0.3) is 0 Å². The maximum absolute atomic E-state index is 13.2. The minimum absolute atomic E-state index is 0.0355. The Balaban J connectivity index is 2.39. The van der Waals surface area contributed by atoms with Gasteiger partial charge in [0.1, 0.15) is 11.6 Å². The SMILES string of the molecule is Cc1cc(Oc2cc(Cl)c(F)cc2N)cc(C)c1Cl. The van der Waals surface area contributed by atoms with Crippen LogP contribution in [0.4, 0.5) is 10.1 Å². The molecule has 0 fully saturated rings. The first-order valence-corrected chi connectivity index (χ1v) is 6.33. The molecule has 0 saturated heterocycles. The van der Waals surface area contributed by atoms with Gasteiger partial charge in [0.15, 0.2) is 5.75 Å². The van der Waals surface area contributed by atoms with Crippen molar-refractivity contribution in [2.75, 3.05) is 5.73 Å². The van der Waals surface area contributed by atoms with Crippen LogP contribution in [0.25, 0.3) is 0 Å². The predicted octanol–water partition coefficient (Wildman–Crippen LogP) is 5.12. The molecule has 0 spiro atoms. The highest BCUT2D eigenvalue weighted by Crippen LogP contribution is 2.34. The largest absolute Gasteiger partial charge is 0.455 e. The summed E-state index contributed by atoms with van der Waals surface area (Å²) in [5.41, 5.74) is 7.67. The summed E-state index contributed by atoms with van der Waals surface area (Å²) in [5, 5.41) is 0.657. The first-order chi connectivity index (χ1) is 8.88. The Morgan fingerprint density at radius 3 is 2.21 bits per heavy atom. The van der Waals surface area contributed by atoms with Crippen molar-refractivity contribution in [2.45, 2.75) is 13.8 Å². The molecule has 0 aromatic heterocycles. The highest BCUT2D eigenvalue weighted by Gasteiger charge is 2.10. The van der Waals surface area contributed by atoms with E-state index in [2.05, 4.69) is 0 Å². The lowest BCUT2D eigenvalue weighted by atomic mass is 10.1. The molecule has 100 valence electrons. The number of benzene rings is 2. The van der Waals surface area contributed by atoms with Crippen LogP contribution in [0.2, 0.25) is 10.0 Å². The summed E-state index contributed by atoms with van der Waals surface area (Å²) >= 11 is 11.8. The van der Waals surface area contributed by atoms with Crippen LogP contribution in [0.3, 0.4) is 0 Å². The normalized spacial score (nSPS) is 10.6. The smallest absolute Gasteiger partial charge is 0.151 e. The molecule has 0 aliphatic heterocycles. The Morgan fingerprint density at radius 2 is 1.63 bits per heavy atom. The van der Waals surface area contributed by atoms with E-state index in [4.69, 9.17) is 33.7 Å². The molecule has 2 rings (SSSR count). The number of aryl methyl sites for hydroxylation is 2. The average Bonchev–Trinajstić information content (AvgIpc) is 2.33. The molecule has 2 aromatic carbocycles. The van der Waals surface area contributed by atoms with Crippen LogP contribution in [0.15, 0.2) is 24.3 Å². The van der Waals surface area contributed by atoms with Crippen molar-refractivity contribution in [2.24, 2.45) is 0 Å². The van der Waals surface area contributed by atoms with E-state index in [-0.39, 0.29) is 10.7 Å². The summed E-state index contributed by atoms with van der Waals surface area (Å²) in [5.74, 6) is 0.316. The first-order valence-electron chi connectivity index (χ1n) is 5.57. The van der Waals surface area contributed by atoms with Gasteiger partial charge in [-0.1, -0.05) is 23.2 Å². The van der Waals surface area contributed by atoms with E-state index in [9.17, 15) is 4.39 Å². The number of anilines is 1. The number of ether oxygens (including phenoxy) is 1. The van der Waals surface area contributed by atoms with Crippen LogP contribution in [-0.4, -0.2) is 0 Å². The molecule has 19 heavy (non-hydrogen) atoms. The quantitative estimate of drug-likeness (QED) is 0.781. The van der Waals surface area contributed by atoms with E-state index < -0.39 is 5.82 Å². The standard InChI is InChI=1S/C14H12Cl2FNO/c1-7-3-9(4-8(2)14(7)16)19-13-5-10(15)11(17)6-12(13)18/h3-6H,18H2,1-2H3. The molecule has 0 heterocycles. The van der Waals surface area contributed by atoms with Gasteiger partial charge in [-0.05, 0) is 37.1 Å². The highest BCUT2D eigenvalue weighted by atomic mass is 35.5. The molecule has 0 amide bonds. The maximum atomic E-state index is 13.2. The van der Waals surface area contributed by atoms with Crippen LogP contribution >= 0.6 is 23.2 Å². The fourth-order valence-electron chi connectivity index (χ4n) is 1.72. The summed E-state index contributed by atoms with van der Waals surface area (Å²) in [7, 11) is 0. The van der Waals surface area contributed by atoms with Gasteiger partial charge >= 0.3 is 0 Å².